The predicted molar refractivity (Wildman–Crippen MR) is 135 cm³/mol. The maximum Gasteiger partial charge on any atom is 0.246 e. The lowest BCUT2D eigenvalue weighted by Crippen LogP contribution is -2.50. The third kappa shape index (κ3) is 4.83. The van der Waals surface area contributed by atoms with Gasteiger partial charge in [0.2, 0.25) is 12.7 Å². The van der Waals surface area contributed by atoms with Crippen molar-refractivity contribution >= 4 is 22.9 Å². The molecule has 0 aliphatic carbocycles. The van der Waals surface area contributed by atoms with Crippen LogP contribution in [0.1, 0.15) is 29.9 Å². The largest absolute Gasteiger partial charge is 0.454 e. The Labute approximate surface area is 209 Å². The number of morpholine rings is 1. The van der Waals surface area contributed by atoms with Crippen LogP contribution in [0.2, 0.25) is 0 Å². The Kier molecular flexibility index (Phi) is 6.37. The van der Waals surface area contributed by atoms with Gasteiger partial charge in [-0.2, -0.15) is 0 Å². The van der Waals surface area contributed by atoms with E-state index in [0.717, 1.165) is 54.7 Å². The molecule has 2 fully saturated rings. The van der Waals surface area contributed by atoms with E-state index in [1.165, 1.54) is 11.6 Å². The number of aromatic nitrogens is 1. The Hall–Kier alpha value is -3.36. The quantitative estimate of drug-likeness (QED) is 0.543. The highest BCUT2D eigenvalue weighted by Gasteiger charge is 2.28. The molecule has 4 heterocycles. The highest BCUT2D eigenvalue weighted by Crippen LogP contribution is 2.34. The number of nitrogens with one attached hydrogen (secondary N) is 1. The van der Waals surface area contributed by atoms with E-state index in [1.54, 1.807) is 18.2 Å². The van der Waals surface area contributed by atoms with Gasteiger partial charge in [-0.05, 0) is 79.4 Å². The summed E-state index contributed by atoms with van der Waals surface area (Å²) in [6.07, 6.45) is 7.52. The highest BCUT2D eigenvalue weighted by atomic mass is 19.1. The number of hydrogen-bond acceptors (Lipinski definition) is 5. The molecular weight excluding hydrogens is 461 g/mol. The highest BCUT2D eigenvalue weighted by molar-refractivity contribution is 5.92. The van der Waals surface area contributed by atoms with Crippen molar-refractivity contribution in [2.24, 2.45) is 0 Å². The maximum absolute atomic E-state index is 13.8. The van der Waals surface area contributed by atoms with E-state index in [0.29, 0.717) is 31.4 Å². The van der Waals surface area contributed by atoms with E-state index < -0.39 is 0 Å². The first-order valence-corrected chi connectivity index (χ1v) is 12.6. The van der Waals surface area contributed by atoms with Gasteiger partial charge >= 0.3 is 0 Å². The topological polar surface area (TPSA) is 67.0 Å². The Morgan fingerprint density at radius 2 is 1.94 bits per heavy atom. The average molecular weight is 492 g/mol. The van der Waals surface area contributed by atoms with E-state index in [1.807, 2.05) is 35.4 Å². The van der Waals surface area contributed by atoms with Gasteiger partial charge in [-0.1, -0.05) is 6.07 Å². The van der Waals surface area contributed by atoms with Gasteiger partial charge in [0.1, 0.15) is 5.82 Å². The number of hydrogen-bond donors (Lipinski definition) is 1. The smallest absolute Gasteiger partial charge is 0.246 e. The summed E-state index contributed by atoms with van der Waals surface area (Å²) in [7, 11) is 0. The molecule has 6 rings (SSSR count). The van der Waals surface area contributed by atoms with E-state index in [-0.39, 0.29) is 24.6 Å². The summed E-state index contributed by atoms with van der Waals surface area (Å²) in [5, 5.41) is 0.993. The van der Waals surface area contributed by atoms with Gasteiger partial charge in [0.15, 0.2) is 11.5 Å². The Balaban J connectivity index is 1.01. The van der Waals surface area contributed by atoms with Crippen LogP contribution < -0.4 is 9.47 Å². The molecule has 0 bridgehead atoms. The Morgan fingerprint density at radius 3 is 2.83 bits per heavy atom. The molecule has 2 aromatic carbocycles. The molecule has 1 unspecified atom stereocenters. The lowest BCUT2D eigenvalue weighted by molar-refractivity contribution is -0.134. The Morgan fingerprint density at radius 1 is 1.08 bits per heavy atom. The van der Waals surface area contributed by atoms with Gasteiger partial charge in [0.05, 0.1) is 12.7 Å². The predicted octanol–water partition coefficient (Wildman–Crippen LogP) is 4.16. The average Bonchev–Trinajstić information content (AvgIpc) is 3.54. The fourth-order valence-electron chi connectivity index (χ4n) is 5.49. The zero-order chi connectivity index (χ0) is 24.5. The van der Waals surface area contributed by atoms with Gasteiger partial charge in [-0.25, -0.2) is 4.39 Å². The summed E-state index contributed by atoms with van der Waals surface area (Å²) in [4.78, 5) is 20.4. The van der Waals surface area contributed by atoms with Gasteiger partial charge < -0.3 is 29.0 Å². The standard InChI is InChI=1S/C28H30FN3O4/c29-21-3-4-25-23(14-21)24(15-30-25)20-7-9-31(10-8-20)16-22-17-32(11-12-34-22)28(33)6-2-19-1-5-26-27(13-19)36-18-35-26/h1-6,13-15,20,22,30H,7-12,16-18H2. The second-order valence-corrected chi connectivity index (χ2v) is 9.73. The number of piperidine rings is 1. The first kappa shape index (κ1) is 23.1. The summed E-state index contributed by atoms with van der Waals surface area (Å²) < 4.78 is 30.5. The number of carbonyl (C=O) groups excluding carboxylic acids is 1. The van der Waals surface area contributed by atoms with Crippen LogP contribution in [0.4, 0.5) is 4.39 Å². The van der Waals surface area contributed by atoms with Crippen LogP contribution >= 0.6 is 0 Å². The minimum absolute atomic E-state index is 0.000350. The lowest BCUT2D eigenvalue weighted by Gasteiger charge is -2.38. The first-order valence-electron chi connectivity index (χ1n) is 12.6. The van der Waals surface area contributed by atoms with Crippen molar-refractivity contribution in [3.63, 3.8) is 0 Å². The molecule has 36 heavy (non-hydrogen) atoms. The van der Waals surface area contributed by atoms with Gasteiger partial charge in [0.25, 0.3) is 0 Å². The molecule has 188 valence electrons. The number of halogens is 1. The number of aromatic amines is 1. The SMILES string of the molecule is O=C(C=Cc1ccc2c(c1)OCO2)N1CCOC(CN2CCC(c3c[nH]c4ccc(F)cc34)CC2)C1. The third-order valence-corrected chi connectivity index (χ3v) is 7.43. The van der Waals surface area contributed by atoms with E-state index >= 15 is 0 Å². The summed E-state index contributed by atoms with van der Waals surface area (Å²) in [6, 6.07) is 10.6. The summed E-state index contributed by atoms with van der Waals surface area (Å²) >= 11 is 0. The van der Waals surface area contributed by atoms with Crippen molar-refractivity contribution in [2.75, 3.05) is 46.1 Å². The number of benzene rings is 2. The number of carbonyl (C=O) groups is 1. The molecular formula is C28H30FN3O4. The first-order chi connectivity index (χ1) is 17.6. The van der Waals surface area contributed by atoms with Crippen LogP contribution in [0.3, 0.4) is 0 Å². The van der Waals surface area contributed by atoms with Crippen LogP contribution in [-0.4, -0.2) is 72.9 Å². The summed E-state index contributed by atoms with van der Waals surface area (Å²) in [5.74, 6) is 1.65. The number of nitrogens with zero attached hydrogens (tertiary/aromatic N) is 2. The zero-order valence-electron chi connectivity index (χ0n) is 20.1. The molecule has 0 saturated carbocycles. The van der Waals surface area contributed by atoms with Crippen LogP contribution in [0.15, 0.2) is 48.7 Å². The minimum Gasteiger partial charge on any atom is -0.454 e. The second-order valence-electron chi connectivity index (χ2n) is 9.73. The van der Waals surface area contributed by atoms with Crippen molar-refractivity contribution in [1.29, 1.82) is 0 Å². The fraction of sp³-hybridized carbons (Fsp3) is 0.393. The molecule has 3 aromatic rings. The second kappa shape index (κ2) is 9.95. The number of likely N-dealkylation sites (tertiary alicyclic amines) is 1. The van der Waals surface area contributed by atoms with Gasteiger partial charge in [0, 0.05) is 42.8 Å². The van der Waals surface area contributed by atoms with E-state index in [4.69, 9.17) is 14.2 Å². The van der Waals surface area contributed by atoms with Crippen LogP contribution in [0.25, 0.3) is 17.0 Å². The number of rotatable bonds is 5. The fourth-order valence-corrected chi connectivity index (χ4v) is 5.49. The Bertz CT molecular complexity index is 1280. The number of amides is 1. The van der Waals surface area contributed by atoms with Crippen molar-refractivity contribution in [3.05, 3.63) is 65.6 Å². The molecule has 1 N–H and O–H groups in total. The van der Waals surface area contributed by atoms with Crippen molar-refractivity contribution < 1.29 is 23.4 Å². The van der Waals surface area contributed by atoms with Crippen LogP contribution in [0, 0.1) is 5.82 Å². The summed E-state index contributed by atoms with van der Waals surface area (Å²) in [5.41, 5.74) is 3.10. The number of H-pyrrole nitrogens is 1. The van der Waals surface area contributed by atoms with Crippen molar-refractivity contribution in [2.45, 2.75) is 24.9 Å². The molecule has 1 amide bonds. The number of ether oxygens (including phenoxy) is 3. The molecule has 1 atom stereocenters. The number of fused-ring (bicyclic) bond motifs is 2. The molecule has 1 aromatic heterocycles. The zero-order valence-corrected chi connectivity index (χ0v) is 20.1. The van der Waals surface area contributed by atoms with Crippen molar-refractivity contribution in [3.8, 4) is 11.5 Å². The molecule has 2 saturated heterocycles. The van der Waals surface area contributed by atoms with Gasteiger partial charge in [-0.15, -0.1) is 0 Å². The monoisotopic (exact) mass is 491 g/mol. The van der Waals surface area contributed by atoms with E-state index in [9.17, 15) is 9.18 Å². The maximum atomic E-state index is 13.8. The van der Waals surface area contributed by atoms with E-state index in [2.05, 4.69) is 9.88 Å². The normalized spacial score (nSPS) is 21.0. The summed E-state index contributed by atoms with van der Waals surface area (Å²) in [6.45, 7) is 4.70. The molecule has 0 spiro atoms. The molecule has 7 nitrogen and oxygen atoms in total. The van der Waals surface area contributed by atoms with Crippen molar-refractivity contribution in [1.82, 2.24) is 14.8 Å². The molecule has 3 aliphatic rings. The van der Waals surface area contributed by atoms with Crippen LogP contribution in [-0.2, 0) is 9.53 Å². The third-order valence-electron chi connectivity index (χ3n) is 7.43. The molecule has 3 aliphatic heterocycles. The lowest BCUT2D eigenvalue weighted by atomic mass is 9.89. The molecule has 8 heteroatoms. The van der Waals surface area contributed by atoms with Crippen LogP contribution in [0.5, 0.6) is 11.5 Å². The molecule has 0 radical (unpaired) electrons. The minimum atomic E-state index is -0.194. The van der Waals surface area contributed by atoms with Gasteiger partial charge in [-0.3, -0.25) is 4.79 Å².